The van der Waals surface area contributed by atoms with Crippen molar-refractivity contribution in [2.45, 2.75) is 13.0 Å². The second kappa shape index (κ2) is 7.08. The van der Waals surface area contributed by atoms with Crippen molar-refractivity contribution in [3.05, 3.63) is 59.1 Å². The molecule has 2 heterocycles. The Balaban J connectivity index is 1.54. The second-order valence-corrected chi connectivity index (χ2v) is 5.39. The second-order valence-electron chi connectivity index (χ2n) is 5.39. The maximum atomic E-state index is 12.0. The zero-order valence-corrected chi connectivity index (χ0v) is 13.4. The number of aromatic nitrogens is 1. The molecular weight excluding hydrogens is 328 g/mol. The Bertz CT molecular complexity index is 807. The van der Waals surface area contributed by atoms with Crippen molar-refractivity contribution in [1.29, 1.82) is 0 Å². The van der Waals surface area contributed by atoms with Crippen LogP contribution in [0.25, 0.3) is 0 Å². The van der Waals surface area contributed by atoms with Gasteiger partial charge in [-0.1, -0.05) is 6.07 Å². The minimum Gasteiger partial charge on any atom is -0.618 e. The normalized spacial score (nSPS) is 13.2. The summed E-state index contributed by atoms with van der Waals surface area (Å²) in [6.07, 6.45) is 1.18. The molecule has 1 aliphatic rings. The Labute approximate surface area is 143 Å². The minimum atomic E-state index is -0.860. The number of benzene rings is 1. The van der Waals surface area contributed by atoms with Gasteiger partial charge in [0.1, 0.15) is 0 Å². The average molecular weight is 344 g/mol. The van der Waals surface area contributed by atoms with Crippen LogP contribution in [0.4, 0.5) is 0 Å². The highest BCUT2D eigenvalue weighted by molar-refractivity contribution is 5.88. The molecule has 8 heteroatoms. The molecule has 2 aromatic rings. The van der Waals surface area contributed by atoms with E-state index in [1.807, 2.05) is 6.07 Å². The van der Waals surface area contributed by atoms with Crippen molar-refractivity contribution in [1.82, 2.24) is 5.32 Å². The van der Waals surface area contributed by atoms with Crippen LogP contribution in [-0.2, 0) is 9.53 Å². The highest BCUT2D eigenvalue weighted by atomic mass is 16.7. The molecule has 0 fully saturated rings. The maximum Gasteiger partial charge on any atom is 0.405 e. The first-order chi connectivity index (χ1) is 12.0. The van der Waals surface area contributed by atoms with E-state index in [4.69, 9.17) is 14.2 Å². The third-order valence-corrected chi connectivity index (χ3v) is 3.64. The number of hydrogen-bond donors (Lipinski definition) is 1. The molecule has 3 rings (SSSR count). The van der Waals surface area contributed by atoms with E-state index in [2.05, 4.69) is 5.32 Å². The summed E-state index contributed by atoms with van der Waals surface area (Å²) >= 11 is 0. The molecule has 1 amide bonds. The summed E-state index contributed by atoms with van der Waals surface area (Å²) in [6.45, 7) is 1.48. The van der Waals surface area contributed by atoms with E-state index in [1.165, 1.54) is 24.4 Å². The number of esters is 1. The topological polar surface area (TPSA) is 101 Å². The third kappa shape index (κ3) is 3.79. The van der Waals surface area contributed by atoms with Gasteiger partial charge < -0.3 is 24.7 Å². The van der Waals surface area contributed by atoms with Gasteiger partial charge >= 0.3 is 11.7 Å². The van der Waals surface area contributed by atoms with Crippen molar-refractivity contribution >= 4 is 11.9 Å². The van der Waals surface area contributed by atoms with Crippen LogP contribution in [0.2, 0.25) is 0 Å². The fourth-order valence-electron chi connectivity index (χ4n) is 2.34. The zero-order chi connectivity index (χ0) is 17.8. The molecule has 0 saturated carbocycles. The fraction of sp³-hybridized carbons (Fsp3) is 0.235. The van der Waals surface area contributed by atoms with Gasteiger partial charge in [0, 0.05) is 12.1 Å². The quantitative estimate of drug-likeness (QED) is 0.495. The lowest BCUT2D eigenvalue weighted by Gasteiger charge is -2.14. The molecule has 0 radical (unpaired) electrons. The van der Waals surface area contributed by atoms with E-state index in [1.54, 1.807) is 19.1 Å². The first kappa shape index (κ1) is 16.6. The van der Waals surface area contributed by atoms with Gasteiger partial charge in [0.15, 0.2) is 24.3 Å². The molecule has 0 spiro atoms. The lowest BCUT2D eigenvalue weighted by atomic mass is 10.1. The molecule has 25 heavy (non-hydrogen) atoms. The van der Waals surface area contributed by atoms with Gasteiger partial charge in [-0.05, 0) is 30.7 Å². The smallest absolute Gasteiger partial charge is 0.405 e. The number of nitrogens with zero attached hydrogens (tertiary/aromatic N) is 1. The summed E-state index contributed by atoms with van der Waals surface area (Å²) in [5.74, 6) is -0.0625. The Morgan fingerprint density at radius 2 is 2.08 bits per heavy atom. The summed E-state index contributed by atoms with van der Waals surface area (Å²) in [6, 6.07) is 9.39. The molecule has 130 valence electrons. The van der Waals surface area contributed by atoms with Crippen molar-refractivity contribution in [2.75, 3.05) is 13.4 Å². The number of ether oxygens (including phenoxy) is 3. The lowest BCUT2D eigenvalue weighted by Crippen LogP contribution is -2.36. The van der Waals surface area contributed by atoms with Gasteiger partial charge in [0.2, 0.25) is 6.79 Å². The van der Waals surface area contributed by atoms with Crippen molar-refractivity contribution in [2.24, 2.45) is 0 Å². The number of pyridine rings is 1. The Hall–Kier alpha value is -3.29. The molecule has 0 unspecified atom stereocenters. The van der Waals surface area contributed by atoms with Gasteiger partial charge in [-0.3, -0.25) is 4.79 Å². The molecule has 0 saturated heterocycles. The molecule has 1 aromatic heterocycles. The largest absolute Gasteiger partial charge is 0.618 e. The van der Waals surface area contributed by atoms with E-state index in [0.717, 1.165) is 5.56 Å². The molecule has 8 nitrogen and oxygen atoms in total. The number of hydrogen-bond acceptors (Lipinski definition) is 6. The van der Waals surface area contributed by atoms with Crippen molar-refractivity contribution in [3.8, 4) is 11.5 Å². The summed E-state index contributed by atoms with van der Waals surface area (Å²) < 4.78 is 15.8. The van der Waals surface area contributed by atoms with Crippen LogP contribution in [0.1, 0.15) is 29.0 Å². The molecule has 1 N–H and O–H groups in total. The molecule has 0 bridgehead atoms. The van der Waals surface area contributed by atoms with Crippen LogP contribution in [0.5, 0.6) is 11.5 Å². The van der Waals surface area contributed by atoms with Gasteiger partial charge in [0.25, 0.3) is 5.91 Å². The molecule has 0 aliphatic carbocycles. The van der Waals surface area contributed by atoms with Crippen LogP contribution in [-0.4, -0.2) is 25.3 Å². The SMILES string of the molecule is C[C@@H](NC(=O)COC(=O)c1cccc[n+]1[O-])c1ccc2c(c1)OCO2. The molecule has 1 atom stereocenters. The Kier molecular flexibility index (Phi) is 4.69. The predicted molar refractivity (Wildman–Crippen MR) is 84.8 cm³/mol. The van der Waals surface area contributed by atoms with Crippen LogP contribution in [0.15, 0.2) is 42.6 Å². The van der Waals surface area contributed by atoms with Gasteiger partial charge in [0.05, 0.1) is 6.04 Å². The number of amides is 1. The Morgan fingerprint density at radius 1 is 1.28 bits per heavy atom. The van der Waals surface area contributed by atoms with E-state index in [0.29, 0.717) is 16.2 Å². The predicted octanol–water partition coefficient (Wildman–Crippen LogP) is 1.08. The molecule has 1 aliphatic heterocycles. The number of rotatable bonds is 5. The van der Waals surface area contributed by atoms with Crippen LogP contribution >= 0.6 is 0 Å². The van der Waals surface area contributed by atoms with Crippen LogP contribution < -0.4 is 19.5 Å². The minimum absolute atomic E-state index is 0.175. The van der Waals surface area contributed by atoms with Crippen LogP contribution in [0.3, 0.4) is 0 Å². The number of fused-ring (bicyclic) bond motifs is 1. The average Bonchev–Trinajstić information content (AvgIpc) is 3.07. The molecular formula is C17H16N2O6. The highest BCUT2D eigenvalue weighted by Crippen LogP contribution is 2.34. The third-order valence-electron chi connectivity index (χ3n) is 3.64. The first-order valence-electron chi connectivity index (χ1n) is 7.59. The standard InChI is InChI=1S/C17H16N2O6/c1-11(12-5-6-14-15(8-12)25-10-24-14)18-16(20)9-23-17(21)13-4-2-3-7-19(13)22/h2-8,11H,9-10H2,1H3,(H,18,20)/t11-/m1/s1. The van der Waals surface area contributed by atoms with Crippen molar-refractivity contribution < 1.29 is 28.5 Å². The zero-order valence-electron chi connectivity index (χ0n) is 13.4. The fourth-order valence-corrected chi connectivity index (χ4v) is 2.34. The summed E-state index contributed by atoms with van der Waals surface area (Å²) in [4.78, 5) is 23.8. The van der Waals surface area contributed by atoms with E-state index < -0.39 is 18.5 Å². The van der Waals surface area contributed by atoms with E-state index in [9.17, 15) is 14.8 Å². The first-order valence-corrected chi connectivity index (χ1v) is 7.59. The maximum absolute atomic E-state index is 12.0. The summed E-state index contributed by atoms with van der Waals surface area (Å²) in [5.41, 5.74) is 0.642. The number of carbonyl (C=O) groups is 2. The van der Waals surface area contributed by atoms with Crippen molar-refractivity contribution in [3.63, 3.8) is 0 Å². The van der Waals surface area contributed by atoms with Gasteiger partial charge in [-0.2, -0.15) is 4.73 Å². The van der Waals surface area contributed by atoms with E-state index >= 15 is 0 Å². The van der Waals surface area contributed by atoms with E-state index in [-0.39, 0.29) is 18.5 Å². The monoisotopic (exact) mass is 344 g/mol. The molecule has 1 aromatic carbocycles. The van der Waals surface area contributed by atoms with Crippen LogP contribution in [0, 0.1) is 5.21 Å². The summed E-state index contributed by atoms with van der Waals surface area (Å²) in [7, 11) is 0. The number of carbonyl (C=O) groups excluding carboxylic acids is 2. The Morgan fingerprint density at radius 3 is 2.88 bits per heavy atom. The number of nitrogens with one attached hydrogen (secondary N) is 1. The summed E-state index contributed by atoms with van der Waals surface area (Å²) in [5, 5.41) is 14.2. The highest BCUT2D eigenvalue weighted by Gasteiger charge is 2.20. The van der Waals surface area contributed by atoms with Gasteiger partial charge in [-0.25, -0.2) is 4.79 Å². The lowest BCUT2D eigenvalue weighted by molar-refractivity contribution is -0.608. The van der Waals surface area contributed by atoms with Gasteiger partial charge in [-0.15, -0.1) is 0 Å².